The van der Waals surface area contributed by atoms with E-state index in [2.05, 4.69) is 10.1 Å². The van der Waals surface area contributed by atoms with Crippen LogP contribution >= 0.6 is 0 Å². The van der Waals surface area contributed by atoms with Crippen LogP contribution in [0.1, 0.15) is 27.7 Å². The first kappa shape index (κ1) is 21.9. The summed E-state index contributed by atoms with van der Waals surface area (Å²) in [4.78, 5) is 16.5. The molecule has 0 radical (unpaired) electrons. The lowest BCUT2D eigenvalue weighted by molar-refractivity contribution is 0.0667. The van der Waals surface area contributed by atoms with Gasteiger partial charge in [-0.1, -0.05) is 6.07 Å². The maximum Gasteiger partial charge on any atom is 0.252 e. The number of ether oxygens (including phenoxy) is 3. The highest BCUT2D eigenvalue weighted by atomic mass is 19.1. The molecule has 0 spiro atoms. The molecule has 0 saturated carbocycles. The highest BCUT2D eigenvalue weighted by Gasteiger charge is 2.34. The van der Waals surface area contributed by atoms with Gasteiger partial charge in [-0.05, 0) is 43.2 Å². The molecule has 2 N–H and O–H groups in total. The highest BCUT2D eigenvalue weighted by Crippen LogP contribution is 2.37. The molecule has 3 aromatic rings. The largest absolute Gasteiger partial charge is 0.481 e. The van der Waals surface area contributed by atoms with Crippen molar-refractivity contribution < 1.29 is 23.4 Å². The second kappa shape index (κ2) is 8.68. The summed E-state index contributed by atoms with van der Waals surface area (Å²) in [6, 6.07) is 6.38. The summed E-state index contributed by atoms with van der Waals surface area (Å²) < 4.78 is 33.5. The number of nitrogens with two attached hydrogens (primary N) is 1. The normalized spacial score (nSPS) is 18.2. The number of carbonyl (C=O) groups excluding carboxylic acids is 1. The van der Waals surface area contributed by atoms with Crippen molar-refractivity contribution in [2.24, 2.45) is 5.73 Å². The standard InChI is InChI=1S/C23H25FN4O4/c1-12-7-13(2)27-23(31-4)20(12)14-5-6-15(17(24)8-14)21-16(22(25)29)9-26-28(21)18-10-32-11-19(18)30-3/h5-9,18-19H,10-11H2,1-4H3,(H2,25,29)/t18-,19-/m1/s1. The van der Waals surface area contributed by atoms with E-state index in [4.69, 9.17) is 19.9 Å². The molecule has 2 aromatic heterocycles. The number of methoxy groups -OCH3 is 2. The molecule has 1 fully saturated rings. The molecule has 0 aliphatic carbocycles. The van der Waals surface area contributed by atoms with E-state index >= 15 is 4.39 Å². The van der Waals surface area contributed by atoms with Gasteiger partial charge < -0.3 is 19.9 Å². The lowest BCUT2D eigenvalue weighted by Gasteiger charge is -2.20. The van der Waals surface area contributed by atoms with Crippen molar-refractivity contribution in [1.82, 2.24) is 14.8 Å². The summed E-state index contributed by atoms with van der Waals surface area (Å²) in [7, 11) is 3.11. The first-order chi connectivity index (χ1) is 15.3. The molecule has 9 heteroatoms. The van der Waals surface area contributed by atoms with Gasteiger partial charge in [0, 0.05) is 23.9 Å². The Bertz CT molecular complexity index is 1180. The third-order valence-corrected chi connectivity index (χ3v) is 5.70. The van der Waals surface area contributed by atoms with Gasteiger partial charge in [0.15, 0.2) is 0 Å². The average Bonchev–Trinajstić information content (AvgIpc) is 3.39. The molecule has 0 unspecified atom stereocenters. The quantitative estimate of drug-likeness (QED) is 0.632. The van der Waals surface area contributed by atoms with Crippen LogP contribution in [-0.2, 0) is 9.47 Å². The average molecular weight is 440 g/mol. The summed E-state index contributed by atoms with van der Waals surface area (Å²) >= 11 is 0. The maximum atomic E-state index is 15.5. The zero-order valence-corrected chi connectivity index (χ0v) is 18.4. The van der Waals surface area contributed by atoms with E-state index in [0.717, 1.165) is 11.3 Å². The summed E-state index contributed by atoms with van der Waals surface area (Å²) in [6.45, 7) is 4.50. The number of carbonyl (C=O) groups is 1. The van der Waals surface area contributed by atoms with E-state index in [-0.39, 0.29) is 23.3 Å². The Morgan fingerprint density at radius 1 is 1.25 bits per heavy atom. The van der Waals surface area contributed by atoms with Gasteiger partial charge in [0.2, 0.25) is 5.88 Å². The number of nitrogens with zero attached hydrogens (tertiary/aromatic N) is 3. The van der Waals surface area contributed by atoms with Crippen LogP contribution in [0.15, 0.2) is 30.5 Å². The number of hydrogen-bond donors (Lipinski definition) is 1. The number of rotatable bonds is 6. The molecule has 1 aliphatic heterocycles. The minimum Gasteiger partial charge on any atom is -0.481 e. The van der Waals surface area contributed by atoms with Crippen molar-refractivity contribution >= 4 is 5.91 Å². The van der Waals surface area contributed by atoms with Crippen LogP contribution in [-0.4, -0.2) is 54.2 Å². The van der Waals surface area contributed by atoms with Crippen LogP contribution in [0.5, 0.6) is 5.88 Å². The molecule has 168 valence electrons. The molecule has 3 heterocycles. The van der Waals surface area contributed by atoms with E-state index in [1.165, 1.54) is 19.4 Å². The van der Waals surface area contributed by atoms with Crippen molar-refractivity contribution in [3.8, 4) is 28.3 Å². The third kappa shape index (κ3) is 3.74. The zero-order chi connectivity index (χ0) is 23.0. The number of halogens is 1. The molecule has 1 aromatic carbocycles. The monoisotopic (exact) mass is 440 g/mol. The van der Waals surface area contributed by atoms with Crippen molar-refractivity contribution in [3.05, 3.63) is 53.1 Å². The fourth-order valence-corrected chi connectivity index (χ4v) is 4.20. The van der Waals surface area contributed by atoms with Gasteiger partial charge in [0.25, 0.3) is 5.91 Å². The molecule has 1 saturated heterocycles. The van der Waals surface area contributed by atoms with Crippen molar-refractivity contribution in [2.45, 2.75) is 26.0 Å². The van der Waals surface area contributed by atoms with Gasteiger partial charge in [0.05, 0.1) is 37.8 Å². The van der Waals surface area contributed by atoms with Gasteiger partial charge >= 0.3 is 0 Å². The maximum absolute atomic E-state index is 15.5. The molecule has 1 amide bonds. The first-order valence-corrected chi connectivity index (χ1v) is 10.2. The molecular weight excluding hydrogens is 415 g/mol. The third-order valence-electron chi connectivity index (χ3n) is 5.70. The number of primary amides is 1. The summed E-state index contributed by atoms with van der Waals surface area (Å²) in [5.74, 6) is -0.798. The Balaban J connectivity index is 1.85. The van der Waals surface area contributed by atoms with Crippen molar-refractivity contribution in [2.75, 3.05) is 27.4 Å². The van der Waals surface area contributed by atoms with Crippen LogP contribution in [0.4, 0.5) is 4.39 Å². The highest BCUT2D eigenvalue weighted by molar-refractivity contribution is 5.99. The summed E-state index contributed by atoms with van der Waals surface area (Å²) in [6.07, 6.45) is 1.08. The molecule has 32 heavy (non-hydrogen) atoms. The van der Waals surface area contributed by atoms with Crippen LogP contribution in [0.25, 0.3) is 22.4 Å². The number of aryl methyl sites for hydroxylation is 2. The fraction of sp³-hybridized carbons (Fsp3) is 0.348. The zero-order valence-electron chi connectivity index (χ0n) is 18.4. The minimum absolute atomic E-state index is 0.129. The van der Waals surface area contributed by atoms with Crippen LogP contribution in [0.3, 0.4) is 0 Å². The molecule has 0 bridgehead atoms. The predicted molar refractivity (Wildman–Crippen MR) is 116 cm³/mol. The summed E-state index contributed by atoms with van der Waals surface area (Å²) in [5, 5.41) is 4.33. The van der Waals surface area contributed by atoms with Crippen LogP contribution < -0.4 is 10.5 Å². The molecular formula is C23H25FN4O4. The van der Waals surface area contributed by atoms with Gasteiger partial charge in [-0.2, -0.15) is 5.10 Å². The second-order valence-corrected chi connectivity index (χ2v) is 7.75. The number of hydrogen-bond acceptors (Lipinski definition) is 6. The number of amides is 1. The van der Waals surface area contributed by atoms with Gasteiger partial charge in [-0.15, -0.1) is 0 Å². The van der Waals surface area contributed by atoms with E-state index in [1.54, 1.807) is 23.9 Å². The lowest BCUT2D eigenvalue weighted by atomic mass is 9.97. The lowest BCUT2D eigenvalue weighted by Crippen LogP contribution is -2.26. The summed E-state index contributed by atoms with van der Waals surface area (Å²) in [5.41, 5.74) is 9.24. The molecule has 1 aliphatic rings. The Morgan fingerprint density at radius 2 is 2.03 bits per heavy atom. The van der Waals surface area contributed by atoms with Crippen molar-refractivity contribution in [1.29, 1.82) is 0 Å². The topological polar surface area (TPSA) is 101 Å². The van der Waals surface area contributed by atoms with Gasteiger partial charge in [-0.25, -0.2) is 9.37 Å². The Labute approximate surface area is 185 Å². The van der Waals surface area contributed by atoms with E-state index in [9.17, 15) is 4.79 Å². The van der Waals surface area contributed by atoms with Crippen molar-refractivity contribution in [3.63, 3.8) is 0 Å². The first-order valence-electron chi connectivity index (χ1n) is 10.2. The second-order valence-electron chi connectivity index (χ2n) is 7.75. The van der Waals surface area contributed by atoms with E-state index in [0.29, 0.717) is 35.9 Å². The van der Waals surface area contributed by atoms with Gasteiger partial charge in [0.1, 0.15) is 18.0 Å². The number of pyridine rings is 1. The van der Waals surface area contributed by atoms with E-state index < -0.39 is 11.7 Å². The van der Waals surface area contributed by atoms with Crippen LogP contribution in [0, 0.1) is 19.7 Å². The number of benzene rings is 1. The minimum atomic E-state index is -0.692. The molecule has 4 rings (SSSR count). The number of aromatic nitrogens is 3. The van der Waals surface area contributed by atoms with Gasteiger partial charge in [-0.3, -0.25) is 9.48 Å². The van der Waals surface area contributed by atoms with E-state index in [1.807, 2.05) is 19.9 Å². The van der Waals surface area contributed by atoms with Crippen LogP contribution in [0.2, 0.25) is 0 Å². The predicted octanol–water partition coefficient (Wildman–Crippen LogP) is 3.06. The Hall–Kier alpha value is -3.30. The Morgan fingerprint density at radius 3 is 2.69 bits per heavy atom. The fourth-order valence-electron chi connectivity index (χ4n) is 4.20. The SMILES string of the molecule is COc1nc(C)cc(C)c1-c1ccc(-c2c(C(N)=O)cnn2[C@@H]2COC[C@H]2OC)c(F)c1. The molecule has 8 nitrogen and oxygen atoms in total. The Kier molecular flexibility index (Phi) is 5.94. The smallest absolute Gasteiger partial charge is 0.252 e. The molecule has 2 atom stereocenters.